The Morgan fingerprint density at radius 1 is 1.30 bits per heavy atom. The van der Waals surface area contributed by atoms with Crippen LogP contribution in [0.3, 0.4) is 0 Å². The van der Waals surface area contributed by atoms with Crippen molar-refractivity contribution in [3.63, 3.8) is 0 Å². The lowest BCUT2D eigenvalue weighted by Crippen LogP contribution is -2.39. The third kappa shape index (κ3) is 3.37. The van der Waals surface area contributed by atoms with E-state index >= 15 is 0 Å². The van der Waals surface area contributed by atoms with Crippen molar-refractivity contribution in [3.8, 4) is 5.88 Å². The third-order valence-corrected chi connectivity index (χ3v) is 5.87. The molecule has 3 heterocycles. The molecule has 0 radical (unpaired) electrons. The second kappa shape index (κ2) is 7.26. The molecule has 2 aromatic rings. The summed E-state index contributed by atoms with van der Waals surface area (Å²) in [6.45, 7) is 0. The molecule has 27 heavy (non-hydrogen) atoms. The number of halogens is 3. The molecule has 142 valence electrons. The number of aromatic nitrogens is 1. The largest absolute Gasteiger partial charge is 0.481 e. The van der Waals surface area contributed by atoms with Crippen molar-refractivity contribution in [1.82, 2.24) is 4.98 Å². The van der Waals surface area contributed by atoms with Crippen LogP contribution in [0.25, 0.3) is 0 Å². The van der Waals surface area contributed by atoms with E-state index < -0.39 is 30.2 Å². The Bertz CT molecular complexity index is 882. The maximum absolute atomic E-state index is 14.4. The highest BCUT2D eigenvalue weighted by Gasteiger charge is 2.57. The van der Waals surface area contributed by atoms with E-state index in [2.05, 4.69) is 10.3 Å². The molecule has 4 rings (SSSR count). The zero-order valence-electron chi connectivity index (χ0n) is 14.4. The summed E-state index contributed by atoms with van der Waals surface area (Å²) in [4.78, 5) is 17.1. The van der Waals surface area contributed by atoms with Crippen molar-refractivity contribution in [2.24, 2.45) is 5.92 Å². The first kappa shape index (κ1) is 18.5. The molecule has 1 aromatic heterocycles. The SMILES string of the molecule is COc1cc(C2C3OC(CC3F)C2C(=O)Nc2ccc(Cl)c(Cl)c2)ccn1. The number of nitrogens with zero attached hydrogens (tertiary/aromatic N) is 1. The van der Waals surface area contributed by atoms with E-state index in [1.54, 1.807) is 36.5 Å². The van der Waals surface area contributed by atoms with Crippen molar-refractivity contribution >= 4 is 34.8 Å². The number of alkyl halides is 1. The van der Waals surface area contributed by atoms with Crippen LogP contribution in [0.15, 0.2) is 36.5 Å². The van der Waals surface area contributed by atoms with Crippen LogP contribution < -0.4 is 10.1 Å². The van der Waals surface area contributed by atoms with Gasteiger partial charge in [-0.05, 0) is 29.8 Å². The zero-order valence-corrected chi connectivity index (χ0v) is 15.9. The number of fused-ring (bicyclic) bond motifs is 2. The van der Waals surface area contributed by atoms with Crippen LogP contribution in [0.5, 0.6) is 5.88 Å². The van der Waals surface area contributed by atoms with Crippen molar-refractivity contribution in [1.29, 1.82) is 0 Å². The molecule has 5 unspecified atom stereocenters. The number of benzene rings is 1. The molecule has 5 nitrogen and oxygen atoms in total. The molecule has 0 spiro atoms. The van der Waals surface area contributed by atoms with Crippen molar-refractivity contribution in [2.75, 3.05) is 12.4 Å². The number of nitrogens with one attached hydrogen (secondary N) is 1. The Morgan fingerprint density at radius 2 is 2.11 bits per heavy atom. The number of hydrogen-bond acceptors (Lipinski definition) is 4. The van der Waals surface area contributed by atoms with E-state index in [1.165, 1.54) is 7.11 Å². The highest BCUT2D eigenvalue weighted by Crippen LogP contribution is 2.50. The van der Waals surface area contributed by atoms with Gasteiger partial charge in [-0.3, -0.25) is 4.79 Å². The van der Waals surface area contributed by atoms with Crippen LogP contribution in [0.4, 0.5) is 10.1 Å². The number of methoxy groups -OCH3 is 1. The summed E-state index contributed by atoms with van der Waals surface area (Å²) in [6.07, 6.45) is -0.443. The molecular weight excluding hydrogens is 394 g/mol. The molecule has 0 aliphatic carbocycles. The molecule has 5 atom stereocenters. The lowest BCUT2D eigenvalue weighted by atomic mass is 9.74. The molecular formula is C19H17Cl2FN2O3. The van der Waals surface area contributed by atoms with Gasteiger partial charge in [0.05, 0.1) is 35.3 Å². The summed E-state index contributed by atoms with van der Waals surface area (Å²) < 4.78 is 25.3. The number of ether oxygens (including phenoxy) is 2. The van der Waals surface area contributed by atoms with E-state index in [0.29, 0.717) is 21.6 Å². The fraction of sp³-hybridized carbons (Fsp3) is 0.368. The summed E-state index contributed by atoms with van der Waals surface area (Å²) >= 11 is 11.9. The molecule has 2 saturated heterocycles. The summed E-state index contributed by atoms with van der Waals surface area (Å²) in [5, 5.41) is 3.60. The van der Waals surface area contributed by atoms with Crippen LogP contribution in [-0.2, 0) is 9.53 Å². The molecule has 8 heteroatoms. The minimum Gasteiger partial charge on any atom is -0.481 e. The van der Waals surface area contributed by atoms with Crippen LogP contribution >= 0.6 is 23.2 Å². The number of hydrogen-bond donors (Lipinski definition) is 1. The highest BCUT2D eigenvalue weighted by molar-refractivity contribution is 6.42. The van der Waals surface area contributed by atoms with Gasteiger partial charge in [0.25, 0.3) is 0 Å². The average Bonchev–Trinajstić information content (AvgIpc) is 3.21. The van der Waals surface area contributed by atoms with Gasteiger partial charge >= 0.3 is 0 Å². The average molecular weight is 411 g/mol. The summed E-state index contributed by atoms with van der Waals surface area (Å²) in [5.41, 5.74) is 1.30. The molecule has 2 fully saturated rings. The smallest absolute Gasteiger partial charge is 0.230 e. The lowest BCUT2D eigenvalue weighted by molar-refractivity contribution is -0.121. The predicted molar refractivity (Wildman–Crippen MR) is 100 cm³/mol. The Kier molecular flexibility index (Phi) is 4.97. The lowest BCUT2D eigenvalue weighted by Gasteiger charge is -2.29. The van der Waals surface area contributed by atoms with E-state index in [1.807, 2.05) is 0 Å². The standard InChI is InChI=1S/C19H17Cl2FN2O3/c1-26-15-6-9(4-5-23-15)16-17(14-8-13(22)18(16)27-14)19(25)24-10-2-3-11(20)12(21)7-10/h2-7,13-14,16-18H,8H2,1H3,(H,24,25). The Balaban J connectivity index is 1.62. The van der Waals surface area contributed by atoms with Gasteiger partial charge < -0.3 is 14.8 Å². The van der Waals surface area contributed by atoms with Crippen LogP contribution in [0.2, 0.25) is 10.0 Å². The Labute approximate surface area is 165 Å². The Morgan fingerprint density at radius 3 is 2.85 bits per heavy atom. The third-order valence-electron chi connectivity index (χ3n) is 5.13. The Hall–Kier alpha value is -1.89. The maximum Gasteiger partial charge on any atom is 0.230 e. The fourth-order valence-electron chi connectivity index (χ4n) is 3.95. The molecule has 0 saturated carbocycles. The number of pyridine rings is 1. The van der Waals surface area contributed by atoms with E-state index in [0.717, 1.165) is 5.56 Å². The summed E-state index contributed by atoms with van der Waals surface area (Å²) in [5.74, 6) is -0.773. The fourth-order valence-corrected chi connectivity index (χ4v) is 4.25. The number of rotatable bonds is 4. The predicted octanol–water partition coefficient (Wildman–Crippen LogP) is 4.24. The number of carbonyl (C=O) groups excluding carboxylic acids is 1. The van der Waals surface area contributed by atoms with Crippen molar-refractivity contribution < 1.29 is 18.7 Å². The normalized spacial score (nSPS) is 29.0. The first-order valence-electron chi connectivity index (χ1n) is 8.53. The molecule has 2 aliphatic rings. The molecule has 1 amide bonds. The van der Waals surface area contributed by atoms with Crippen LogP contribution in [0.1, 0.15) is 17.9 Å². The van der Waals surface area contributed by atoms with Gasteiger partial charge in [-0.25, -0.2) is 9.37 Å². The molecule has 2 aliphatic heterocycles. The maximum atomic E-state index is 14.4. The highest BCUT2D eigenvalue weighted by atomic mass is 35.5. The van der Waals surface area contributed by atoms with Crippen molar-refractivity contribution in [3.05, 3.63) is 52.1 Å². The number of anilines is 1. The first-order chi connectivity index (χ1) is 13.0. The minimum absolute atomic E-state index is 0.211. The van der Waals surface area contributed by atoms with E-state index in [4.69, 9.17) is 32.7 Å². The quantitative estimate of drug-likeness (QED) is 0.818. The molecule has 1 aromatic carbocycles. The summed E-state index contributed by atoms with van der Waals surface area (Å²) in [6, 6.07) is 8.35. The second-order valence-corrected chi connectivity index (χ2v) is 7.51. The van der Waals surface area contributed by atoms with Crippen molar-refractivity contribution in [2.45, 2.75) is 30.7 Å². The number of amides is 1. The van der Waals surface area contributed by atoms with E-state index in [-0.39, 0.29) is 12.3 Å². The summed E-state index contributed by atoms with van der Waals surface area (Å²) in [7, 11) is 1.51. The first-order valence-corrected chi connectivity index (χ1v) is 9.29. The van der Waals surface area contributed by atoms with Gasteiger partial charge in [0.15, 0.2) is 0 Å². The van der Waals surface area contributed by atoms with Gasteiger partial charge in [0, 0.05) is 30.3 Å². The van der Waals surface area contributed by atoms with E-state index in [9.17, 15) is 9.18 Å². The monoisotopic (exact) mass is 410 g/mol. The van der Waals surface area contributed by atoms with Gasteiger partial charge in [-0.1, -0.05) is 23.2 Å². The zero-order chi connectivity index (χ0) is 19.1. The van der Waals surface area contributed by atoms with Crippen LogP contribution in [-0.4, -0.2) is 36.4 Å². The van der Waals surface area contributed by atoms with Gasteiger partial charge in [0.2, 0.25) is 11.8 Å². The van der Waals surface area contributed by atoms with Gasteiger partial charge in [-0.2, -0.15) is 0 Å². The van der Waals surface area contributed by atoms with Crippen LogP contribution in [0, 0.1) is 5.92 Å². The molecule has 1 N–H and O–H groups in total. The van der Waals surface area contributed by atoms with Gasteiger partial charge in [-0.15, -0.1) is 0 Å². The minimum atomic E-state index is -1.10. The van der Waals surface area contributed by atoms with Gasteiger partial charge in [0.1, 0.15) is 6.17 Å². The second-order valence-electron chi connectivity index (χ2n) is 6.69. The molecule has 2 bridgehead atoms. The number of carbonyl (C=O) groups is 1. The topological polar surface area (TPSA) is 60.5 Å².